The summed E-state index contributed by atoms with van der Waals surface area (Å²) in [5, 5.41) is 0. The molecule has 13 heavy (non-hydrogen) atoms. The van der Waals surface area contributed by atoms with Crippen LogP contribution in [-0.4, -0.2) is 9.97 Å². The van der Waals surface area contributed by atoms with Gasteiger partial charge in [0.05, 0.1) is 0 Å². The van der Waals surface area contributed by atoms with Crippen LogP contribution in [0.2, 0.25) is 0 Å². The number of nitrogens with two attached hydrogens (primary N) is 1. The fourth-order valence-corrected chi connectivity index (χ4v) is 1.15. The summed E-state index contributed by atoms with van der Waals surface area (Å²) in [6, 6.07) is 0. The van der Waals surface area contributed by atoms with E-state index in [1.807, 2.05) is 6.92 Å². The Hall–Kier alpha value is -1.36. The molecule has 5 nitrogen and oxygen atoms in total. The number of hydrogen-bond donors (Lipinski definition) is 3. The second-order valence-electron chi connectivity index (χ2n) is 2.89. The van der Waals surface area contributed by atoms with Crippen molar-refractivity contribution in [3.05, 3.63) is 21.6 Å². The Bertz CT molecular complexity index is 344. The number of aromatic amines is 1. The van der Waals surface area contributed by atoms with Crippen molar-refractivity contribution in [3.63, 3.8) is 0 Å². The van der Waals surface area contributed by atoms with Crippen molar-refractivity contribution in [1.29, 1.82) is 0 Å². The zero-order chi connectivity index (χ0) is 9.84. The summed E-state index contributed by atoms with van der Waals surface area (Å²) in [4.78, 5) is 17.9. The van der Waals surface area contributed by atoms with Gasteiger partial charge in [0.1, 0.15) is 0 Å². The van der Waals surface area contributed by atoms with Crippen molar-refractivity contribution in [2.24, 2.45) is 5.84 Å². The van der Waals surface area contributed by atoms with Gasteiger partial charge in [-0.15, -0.1) is 0 Å². The first-order valence-corrected chi connectivity index (χ1v) is 4.25. The third-order valence-electron chi connectivity index (χ3n) is 1.89. The number of aromatic nitrogens is 2. The summed E-state index contributed by atoms with van der Waals surface area (Å²) < 4.78 is 0. The number of anilines is 1. The van der Waals surface area contributed by atoms with Crippen LogP contribution < -0.4 is 16.8 Å². The van der Waals surface area contributed by atoms with Gasteiger partial charge in [0.2, 0.25) is 5.95 Å². The van der Waals surface area contributed by atoms with E-state index in [9.17, 15) is 4.79 Å². The summed E-state index contributed by atoms with van der Waals surface area (Å²) in [5.41, 5.74) is 3.67. The zero-order valence-corrected chi connectivity index (χ0v) is 7.85. The molecule has 0 bridgehead atoms. The van der Waals surface area contributed by atoms with Crippen LogP contribution in [0.3, 0.4) is 0 Å². The highest BCUT2D eigenvalue weighted by Gasteiger charge is 2.04. The van der Waals surface area contributed by atoms with Gasteiger partial charge >= 0.3 is 0 Å². The molecule has 1 heterocycles. The summed E-state index contributed by atoms with van der Waals surface area (Å²) in [5.74, 6) is 5.47. The predicted molar refractivity (Wildman–Crippen MR) is 51.4 cm³/mol. The van der Waals surface area contributed by atoms with E-state index >= 15 is 0 Å². The second kappa shape index (κ2) is 4.04. The van der Waals surface area contributed by atoms with Crippen LogP contribution in [-0.2, 0) is 6.42 Å². The van der Waals surface area contributed by atoms with Gasteiger partial charge in [0, 0.05) is 11.3 Å². The fourth-order valence-electron chi connectivity index (χ4n) is 1.15. The van der Waals surface area contributed by atoms with Crippen molar-refractivity contribution in [1.82, 2.24) is 9.97 Å². The number of hydrazine groups is 1. The molecule has 4 N–H and O–H groups in total. The molecule has 0 aliphatic rings. The Kier molecular flexibility index (Phi) is 3.02. The quantitative estimate of drug-likeness (QED) is 0.464. The molecule has 5 heteroatoms. The third-order valence-corrected chi connectivity index (χ3v) is 1.89. The van der Waals surface area contributed by atoms with E-state index in [2.05, 4.69) is 15.4 Å². The van der Waals surface area contributed by atoms with E-state index in [1.165, 1.54) is 0 Å². The molecule has 72 valence electrons. The number of aryl methyl sites for hydroxylation is 1. The van der Waals surface area contributed by atoms with E-state index in [0.717, 1.165) is 18.5 Å². The van der Waals surface area contributed by atoms with Crippen LogP contribution in [0.5, 0.6) is 0 Å². The topological polar surface area (TPSA) is 83.8 Å². The summed E-state index contributed by atoms with van der Waals surface area (Å²) in [6.07, 6.45) is 1.81. The molecule has 0 aliphatic heterocycles. The van der Waals surface area contributed by atoms with Crippen LogP contribution in [0, 0.1) is 6.92 Å². The highest BCUT2D eigenvalue weighted by molar-refractivity contribution is 5.27. The van der Waals surface area contributed by atoms with Crippen molar-refractivity contribution < 1.29 is 0 Å². The predicted octanol–water partition coefficient (Wildman–Crippen LogP) is 0.316. The minimum absolute atomic E-state index is 0.227. The molecule has 0 saturated heterocycles. The van der Waals surface area contributed by atoms with Crippen LogP contribution in [0.1, 0.15) is 24.6 Å². The lowest BCUT2D eigenvalue weighted by atomic mass is 10.2. The number of nitrogens with one attached hydrogen (secondary N) is 2. The smallest absolute Gasteiger partial charge is 0.277 e. The van der Waals surface area contributed by atoms with E-state index in [1.54, 1.807) is 6.92 Å². The summed E-state index contributed by atoms with van der Waals surface area (Å²) in [6.45, 7) is 3.81. The average Bonchev–Trinajstić information content (AvgIpc) is 2.13. The molecule has 0 amide bonds. The lowest BCUT2D eigenvalue weighted by Crippen LogP contribution is -2.20. The van der Waals surface area contributed by atoms with Gasteiger partial charge in [-0.3, -0.25) is 10.2 Å². The first kappa shape index (κ1) is 9.73. The lowest BCUT2D eigenvalue weighted by molar-refractivity contribution is 0.851. The van der Waals surface area contributed by atoms with E-state index in [-0.39, 0.29) is 5.56 Å². The SMILES string of the molecule is CCCc1[nH]c(NN)nc(=O)c1C. The third kappa shape index (κ3) is 2.06. The molecule has 0 radical (unpaired) electrons. The highest BCUT2D eigenvalue weighted by Crippen LogP contribution is 2.04. The molecule has 0 aromatic carbocycles. The average molecular weight is 182 g/mol. The molecule has 1 rings (SSSR count). The Morgan fingerprint density at radius 3 is 2.85 bits per heavy atom. The monoisotopic (exact) mass is 182 g/mol. The van der Waals surface area contributed by atoms with Gasteiger partial charge in [-0.2, -0.15) is 4.98 Å². The van der Waals surface area contributed by atoms with Crippen molar-refractivity contribution in [2.45, 2.75) is 26.7 Å². The molecular formula is C8H14N4O. The van der Waals surface area contributed by atoms with Crippen molar-refractivity contribution in [3.8, 4) is 0 Å². The van der Waals surface area contributed by atoms with E-state index in [4.69, 9.17) is 5.84 Å². The van der Waals surface area contributed by atoms with Gasteiger partial charge in [0.25, 0.3) is 5.56 Å². The Labute approximate surface area is 76.4 Å². The second-order valence-corrected chi connectivity index (χ2v) is 2.89. The normalized spacial score (nSPS) is 10.1. The summed E-state index contributed by atoms with van der Waals surface area (Å²) in [7, 11) is 0. The van der Waals surface area contributed by atoms with Crippen LogP contribution in [0.15, 0.2) is 4.79 Å². The van der Waals surface area contributed by atoms with Crippen LogP contribution in [0.4, 0.5) is 5.95 Å². The Balaban J connectivity index is 3.17. The number of nitrogens with zero attached hydrogens (tertiary/aromatic N) is 1. The van der Waals surface area contributed by atoms with E-state index in [0.29, 0.717) is 11.5 Å². The number of H-pyrrole nitrogens is 1. The standard InChI is InChI=1S/C8H14N4O/c1-3-4-6-5(2)7(13)11-8(10-6)12-9/h3-4,9H2,1-2H3,(H2,10,11,12,13). The van der Waals surface area contributed by atoms with Gasteiger partial charge in [-0.1, -0.05) is 13.3 Å². The highest BCUT2D eigenvalue weighted by atomic mass is 16.1. The van der Waals surface area contributed by atoms with Gasteiger partial charge in [0.15, 0.2) is 0 Å². The molecular weight excluding hydrogens is 168 g/mol. The Morgan fingerprint density at radius 1 is 1.62 bits per heavy atom. The van der Waals surface area contributed by atoms with Crippen molar-refractivity contribution in [2.75, 3.05) is 5.43 Å². The van der Waals surface area contributed by atoms with Crippen LogP contribution >= 0.6 is 0 Å². The maximum Gasteiger partial charge on any atom is 0.277 e. The summed E-state index contributed by atoms with van der Waals surface area (Å²) >= 11 is 0. The van der Waals surface area contributed by atoms with E-state index < -0.39 is 0 Å². The molecule has 1 aromatic heterocycles. The maximum atomic E-state index is 11.3. The first-order valence-electron chi connectivity index (χ1n) is 4.25. The fraction of sp³-hybridized carbons (Fsp3) is 0.500. The zero-order valence-electron chi connectivity index (χ0n) is 7.85. The van der Waals surface area contributed by atoms with Gasteiger partial charge in [-0.05, 0) is 13.3 Å². The first-order chi connectivity index (χ1) is 6.19. The minimum atomic E-state index is -0.227. The van der Waals surface area contributed by atoms with Crippen molar-refractivity contribution >= 4 is 5.95 Å². The molecule has 0 atom stereocenters. The lowest BCUT2D eigenvalue weighted by Gasteiger charge is -2.05. The van der Waals surface area contributed by atoms with Gasteiger partial charge in [-0.25, -0.2) is 5.84 Å². The van der Waals surface area contributed by atoms with Gasteiger partial charge < -0.3 is 4.98 Å². The Morgan fingerprint density at radius 2 is 2.31 bits per heavy atom. The minimum Gasteiger partial charge on any atom is -0.328 e. The molecule has 1 aromatic rings. The molecule has 0 saturated carbocycles. The van der Waals surface area contributed by atoms with Crippen LogP contribution in [0.25, 0.3) is 0 Å². The number of hydrogen-bond acceptors (Lipinski definition) is 4. The molecule has 0 unspecified atom stereocenters. The molecule has 0 aliphatic carbocycles. The number of rotatable bonds is 3. The molecule has 0 spiro atoms. The number of nitrogen functional groups attached to an aromatic ring is 1. The molecule has 0 fully saturated rings. The largest absolute Gasteiger partial charge is 0.328 e. The maximum absolute atomic E-state index is 11.3.